The molecule has 0 aliphatic carbocycles. The number of thiol groups is 1. The third kappa shape index (κ3) is 2.39. The van der Waals surface area contributed by atoms with E-state index in [4.69, 9.17) is 9.66 Å². The minimum atomic E-state index is -5.04. The van der Waals surface area contributed by atoms with Crippen molar-refractivity contribution in [1.29, 1.82) is 0 Å². The van der Waals surface area contributed by atoms with E-state index in [1.165, 1.54) is 0 Å². The molecule has 0 saturated heterocycles. The number of hydrogen-bond acceptors (Lipinski definition) is 7. The summed E-state index contributed by atoms with van der Waals surface area (Å²) in [6.07, 6.45) is 0. The number of carboxylic acid groups (broad SMARTS) is 1. The molecule has 1 heterocycles. The molecule has 1 aromatic rings. The summed E-state index contributed by atoms with van der Waals surface area (Å²) in [6, 6.07) is 2.07. The van der Waals surface area contributed by atoms with Crippen molar-refractivity contribution in [3.05, 3.63) is 12.1 Å². The van der Waals surface area contributed by atoms with Gasteiger partial charge in [0.15, 0.2) is 11.8 Å². The SMILES string of the molecule is O=C(O)[C@](Cn1c(O)ccc1O)(SS)S(=O)(=O)O. The van der Waals surface area contributed by atoms with Gasteiger partial charge in [-0.05, 0) is 0 Å². The average molecular weight is 315 g/mol. The van der Waals surface area contributed by atoms with Crippen LogP contribution in [0.25, 0.3) is 0 Å². The van der Waals surface area contributed by atoms with Gasteiger partial charge in [-0.1, -0.05) is 10.8 Å². The Kier molecular flexibility index (Phi) is 4.10. The van der Waals surface area contributed by atoms with Crippen molar-refractivity contribution in [2.75, 3.05) is 0 Å². The Bertz CT molecular complexity index is 546. The van der Waals surface area contributed by atoms with E-state index in [1.807, 2.05) is 0 Å². The Morgan fingerprint density at radius 2 is 1.83 bits per heavy atom. The highest BCUT2D eigenvalue weighted by Gasteiger charge is 2.52. The van der Waals surface area contributed by atoms with Crippen LogP contribution < -0.4 is 0 Å². The molecule has 4 N–H and O–H groups in total. The molecule has 0 aromatic carbocycles. The van der Waals surface area contributed by atoms with Crippen molar-refractivity contribution in [1.82, 2.24) is 4.57 Å². The molecular weight excluding hydrogens is 306 g/mol. The van der Waals surface area contributed by atoms with Crippen molar-refractivity contribution in [3.8, 4) is 11.8 Å². The summed E-state index contributed by atoms with van der Waals surface area (Å²) in [4.78, 5) is 11.1. The van der Waals surface area contributed by atoms with Gasteiger partial charge in [0.25, 0.3) is 14.2 Å². The molecule has 8 nitrogen and oxygen atoms in total. The lowest BCUT2D eigenvalue weighted by Crippen LogP contribution is -2.45. The second-order valence-electron chi connectivity index (χ2n) is 3.26. The fraction of sp³-hybridized carbons (Fsp3) is 0.286. The lowest BCUT2D eigenvalue weighted by molar-refractivity contribution is -0.137. The first-order valence-corrected chi connectivity index (χ1v) is 7.57. The number of rotatable bonds is 5. The van der Waals surface area contributed by atoms with Crippen LogP contribution >= 0.6 is 22.5 Å². The van der Waals surface area contributed by atoms with Crippen LogP contribution in [-0.2, 0) is 21.5 Å². The second-order valence-corrected chi connectivity index (χ2v) is 6.59. The molecule has 0 unspecified atom stereocenters. The maximum Gasteiger partial charge on any atom is 0.340 e. The molecule has 1 aromatic heterocycles. The largest absolute Gasteiger partial charge is 0.494 e. The van der Waals surface area contributed by atoms with Gasteiger partial charge < -0.3 is 15.3 Å². The number of aliphatic carboxylic acids is 1. The molecule has 1 atom stereocenters. The summed E-state index contributed by atoms with van der Waals surface area (Å²) in [5.41, 5.74) is 0. The third-order valence-corrected chi connectivity index (χ3v) is 6.11. The molecule has 0 radical (unpaired) electrons. The molecule has 102 valence electrons. The molecule has 11 heteroatoms. The van der Waals surface area contributed by atoms with Crippen LogP contribution in [0.1, 0.15) is 0 Å². The van der Waals surface area contributed by atoms with Crippen molar-refractivity contribution in [3.63, 3.8) is 0 Å². The maximum atomic E-state index is 11.2. The van der Waals surface area contributed by atoms with Gasteiger partial charge in [0.05, 0.1) is 6.54 Å². The molecule has 0 fully saturated rings. The molecule has 18 heavy (non-hydrogen) atoms. The Morgan fingerprint density at radius 1 is 1.39 bits per heavy atom. The maximum absolute atomic E-state index is 11.2. The standard InChI is InChI=1S/C7H9NO7S3/c9-4-1-2-5(10)8(4)3-7(17-16,6(11)12)18(13,14)15/h1-2,9-10,16H,3H2,(H,11,12)(H,13,14,15)/t7-/m1/s1. The predicted molar refractivity (Wildman–Crippen MR) is 66.3 cm³/mol. The Labute approximate surface area is 111 Å². The van der Waals surface area contributed by atoms with E-state index in [-0.39, 0.29) is 10.8 Å². The quantitative estimate of drug-likeness (QED) is 0.294. The van der Waals surface area contributed by atoms with E-state index in [0.717, 1.165) is 12.1 Å². The fourth-order valence-corrected chi connectivity index (χ4v) is 3.60. The molecule has 1 rings (SSSR count). The van der Waals surface area contributed by atoms with Crippen molar-refractivity contribution in [2.24, 2.45) is 0 Å². The molecule has 0 spiro atoms. The number of nitrogens with zero attached hydrogens (tertiary/aromatic N) is 1. The summed E-state index contributed by atoms with van der Waals surface area (Å²) in [5, 5.41) is 27.6. The minimum Gasteiger partial charge on any atom is -0.494 e. The van der Waals surface area contributed by atoms with Crippen molar-refractivity contribution < 1.29 is 33.1 Å². The van der Waals surface area contributed by atoms with E-state index in [1.54, 1.807) is 0 Å². The summed E-state index contributed by atoms with van der Waals surface area (Å²) in [6.45, 7) is -0.917. The van der Waals surface area contributed by atoms with Crippen LogP contribution in [0.4, 0.5) is 0 Å². The van der Waals surface area contributed by atoms with Gasteiger partial charge in [0.2, 0.25) is 0 Å². The van der Waals surface area contributed by atoms with Gasteiger partial charge >= 0.3 is 5.97 Å². The van der Waals surface area contributed by atoms with Gasteiger partial charge in [-0.15, -0.1) is 11.7 Å². The number of aromatic nitrogens is 1. The van der Waals surface area contributed by atoms with Crippen LogP contribution in [0.2, 0.25) is 0 Å². The number of hydrogen-bond donors (Lipinski definition) is 5. The zero-order chi connectivity index (χ0) is 14.1. The average Bonchev–Trinajstić information content (AvgIpc) is 2.53. The van der Waals surface area contributed by atoms with Gasteiger partial charge in [-0.25, -0.2) is 4.79 Å². The topological polar surface area (TPSA) is 137 Å². The first-order valence-electron chi connectivity index (χ1n) is 4.26. The highest BCUT2D eigenvalue weighted by molar-refractivity contribution is 8.71. The fourth-order valence-electron chi connectivity index (χ4n) is 1.19. The van der Waals surface area contributed by atoms with Crippen LogP contribution in [0, 0.1) is 0 Å². The molecule has 0 aliphatic heterocycles. The first-order chi connectivity index (χ1) is 8.15. The number of aromatic hydroxyl groups is 2. The third-order valence-electron chi connectivity index (χ3n) is 2.19. The highest BCUT2D eigenvalue weighted by Crippen LogP contribution is 2.38. The smallest absolute Gasteiger partial charge is 0.340 e. The Balaban J connectivity index is 3.36. The van der Waals surface area contributed by atoms with Crippen LogP contribution in [-0.4, -0.2) is 42.9 Å². The van der Waals surface area contributed by atoms with E-state index in [9.17, 15) is 23.4 Å². The summed E-state index contributed by atoms with van der Waals surface area (Å²) < 4.78 is 29.3. The van der Waals surface area contributed by atoms with Gasteiger partial charge in [0.1, 0.15) is 0 Å². The monoisotopic (exact) mass is 315 g/mol. The predicted octanol–water partition coefficient (Wildman–Crippen LogP) is 0.146. The normalized spacial score (nSPS) is 15.2. The van der Waals surface area contributed by atoms with Crippen LogP contribution in [0.15, 0.2) is 12.1 Å². The summed E-state index contributed by atoms with van der Waals surface area (Å²) >= 11 is 3.53. The number of carbonyl (C=O) groups is 1. The van der Waals surface area contributed by atoms with Gasteiger partial charge in [-0.2, -0.15) is 8.42 Å². The molecule has 0 bridgehead atoms. The van der Waals surface area contributed by atoms with E-state index >= 15 is 0 Å². The zero-order valence-electron chi connectivity index (χ0n) is 8.59. The Morgan fingerprint density at radius 3 is 2.11 bits per heavy atom. The van der Waals surface area contributed by atoms with E-state index in [0.29, 0.717) is 4.57 Å². The van der Waals surface area contributed by atoms with Crippen LogP contribution in [0.3, 0.4) is 0 Å². The number of carboxylic acids is 1. The molecule has 0 saturated carbocycles. The molecule has 0 aliphatic rings. The lowest BCUT2D eigenvalue weighted by atomic mass is 10.4. The molecule has 0 amide bonds. The lowest BCUT2D eigenvalue weighted by Gasteiger charge is -2.24. The first kappa shape index (κ1) is 15.0. The van der Waals surface area contributed by atoms with Gasteiger partial charge in [-0.3, -0.25) is 9.12 Å². The Hall–Kier alpha value is -1.04. The highest BCUT2D eigenvalue weighted by atomic mass is 33.1. The second kappa shape index (κ2) is 4.91. The van der Waals surface area contributed by atoms with Crippen LogP contribution in [0.5, 0.6) is 11.8 Å². The summed E-state index contributed by atoms with van der Waals surface area (Å²) in [5.74, 6) is -2.98. The molecular formula is C7H9NO7S3. The van der Waals surface area contributed by atoms with E-state index < -0.39 is 38.5 Å². The van der Waals surface area contributed by atoms with Gasteiger partial charge in [0, 0.05) is 12.1 Å². The van der Waals surface area contributed by atoms with Crippen molar-refractivity contribution in [2.45, 2.75) is 10.6 Å². The summed E-state index contributed by atoms with van der Waals surface area (Å²) in [7, 11) is -4.98. The zero-order valence-corrected chi connectivity index (χ0v) is 11.1. The minimum absolute atomic E-state index is 0.0619. The van der Waals surface area contributed by atoms with Crippen molar-refractivity contribution >= 4 is 38.5 Å². The van der Waals surface area contributed by atoms with E-state index in [2.05, 4.69) is 11.7 Å².